The number of hydrogen-bond acceptors (Lipinski definition) is 13. The number of carbonyl (C=O) groups excluding carboxylic acids is 2. The van der Waals surface area contributed by atoms with E-state index in [0.29, 0.717) is 12.8 Å². The molecular weight excluding hydrogens is 866 g/mol. The predicted molar refractivity (Wildman–Crippen MR) is 251 cm³/mol. The molecule has 0 spiro atoms. The third-order valence-corrected chi connectivity index (χ3v) is 10.9. The Morgan fingerprint density at radius 1 is 0.438 bits per heavy atom. The number of aliphatic hydroxyl groups is 3. The van der Waals surface area contributed by atoms with E-state index in [4.69, 9.17) is 9.47 Å². The summed E-state index contributed by atoms with van der Waals surface area (Å²) in [5.41, 5.74) is 0. The number of allylic oxidation sites excluding steroid dienone is 14. The van der Waals surface area contributed by atoms with E-state index < -0.39 is 85.5 Å². The van der Waals surface area contributed by atoms with Gasteiger partial charge in [-0.1, -0.05) is 150 Å². The molecule has 0 aromatic heterocycles. The van der Waals surface area contributed by atoms with E-state index in [0.717, 1.165) is 64.2 Å². The summed E-state index contributed by atoms with van der Waals surface area (Å²) >= 11 is 0. The molecule has 5 N–H and O–H groups in total. The molecule has 64 heavy (non-hydrogen) atoms. The lowest BCUT2D eigenvalue weighted by Crippen LogP contribution is -2.25. The maximum atomic E-state index is 12.1. The molecule has 0 radical (unpaired) electrons. The second-order valence-electron chi connectivity index (χ2n) is 15.2. The van der Waals surface area contributed by atoms with Gasteiger partial charge in [-0.05, 0) is 64.2 Å². The number of rotatable bonds is 43. The highest BCUT2D eigenvalue weighted by molar-refractivity contribution is 7.47. The van der Waals surface area contributed by atoms with Crippen LogP contribution in [0.4, 0.5) is 0 Å². The number of unbranched alkanes of at least 4 members (excludes halogenated alkanes) is 13. The van der Waals surface area contributed by atoms with Crippen LogP contribution in [0.15, 0.2) is 85.1 Å². The maximum absolute atomic E-state index is 12.1. The molecule has 0 aliphatic carbocycles. The second kappa shape index (κ2) is 42.8. The van der Waals surface area contributed by atoms with Crippen molar-refractivity contribution in [2.24, 2.45) is 0 Å². The van der Waals surface area contributed by atoms with E-state index in [1.54, 1.807) is 0 Å². The molecule has 5 atom stereocenters. The Bertz CT molecular complexity index is 1470. The van der Waals surface area contributed by atoms with E-state index in [2.05, 4.69) is 62.3 Å². The zero-order valence-corrected chi connectivity index (χ0v) is 40.2. The first-order valence-electron chi connectivity index (χ1n) is 23.0. The van der Waals surface area contributed by atoms with E-state index >= 15 is 0 Å². The van der Waals surface area contributed by atoms with Crippen molar-refractivity contribution >= 4 is 27.6 Å². The third-order valence-electron chi connectivity index (χ3n) is 8.96. The number of carbonyl (C=O) groups is 2. The first-order valence-corrected chi connectivity index (χ1v) is 26.0. The first-order chi connectivity index (χ1) is 30.8. The molecule has 0 bridgehead atoms. The van der Waals surface area contributed by atoms with Crippen LogP contribution < -0.4 is 0 Å². The van der Waals surface area contributed by atoms with Crippen molar-refractivity contribution in [1.82, 2.24) is 0 Å². The highest BCUT2D eigenvalue weighted by Crippen LogP contribution is 2.45. The van der Waals surface area contributed by atoms with Gasteiger partial charge >= 0.3 is 27.6 Å². The molecule has 15 nitrogen and oxygen atoms in total. The Balaban J connectivity index is 3.96. The average molecular weight is 947 g/mol. The van der Waals surface area contributed by atoms with Gasteiger partial charge in [-0.15, -0.1) is 0 Å². The molecule has 0 aromatic carbocycles. The molecule has 0 aliphatic heterocycles. The molecule has 5 unspecified atom stereocenters. The van der Waals surface area contributed by atoms with Gasteiger partial charge in [0, 0.05) is 12.8 Å². The summed E-state index contributed by atoms with van der Waals surface area (Å²) in [5, 5.41) is 30.0. The highest BCUT2D eigenvalue weighted by atomic mass is 31.2. The number of aliphatic hydroxyl groups excluding tert-OH is 3. The fraction of sp³-hybridized carbons (Fsp3) is 0.660. The van der Waals surface area contributed by atoms with Gasteiger partial charge in [0.1, 0.15) is 31.5 Å². The number of hydrogen-bond donors (Lipinski definition) is 5. The van der Waals surface area contributed by atoms with Gasteiger partial charge < -0.3 is 34.6 Å². The first kappa shape index (κ1) is 61.2. The molecular formula is C47H80O15P2. The van der Waals surface area contributed by atoms with Crippen LogP contribution in [0.3, 0.4) is 0 Å². The Morgan fingerprint density at radius 2 is 0.781 bits per heavy atom. The Morgan fingerprint density at radius 3 is 1.22 bits per heavy atom. The van der Waals surface area contributed by atoms with Gasteiger partial charge in [0.05, 0.1) is 26.4 Å². The predicted octanol–water partition coefficient (Wildman–Crippen LogP) is 10.2. The minimum atomic E-state index is -4.80. The van der Waals surface area contributed by atoms with E-state index in [1.807, 2.05) is 54.7 Å². The van der Waals surface area contributed by atoms with Crippen LogP contribution in [0.25, 0.3) is 0 Å². The minimum Gasteiger partial charge on any atom is -0.463 e. The Kier molecular flexibility index (Phi) is 41.0. The molecule has 0 fully saturated rings. The topological polar surface area (TPSA) is 225 Å². The maximum Gasteiger partial charge on any atom is 0.472 e. The SMILES string of the molecule is CC/C=C/C=C/C=C\C=C/C=C/CCCCCC(=O)OCC(O)COP(=O)(O)OCC(O)COP(=O)(O)OCC(O)COC(=O)CCCCCCCCC/C=C\C/C=C\CCCCC. The van der Waals surface area contributed by atoms with Crippen LogP contribution in [-0.2, 0) is 46.3 Å². The third kappa shape index (κ3) is 44.4. The molecule has 0 aromatic rings. The van der Waals surface area contributed by atoms with Crippen LogP contribution >= 0.6 is 15.6 Å². The normalized spacial score (nSPS) is 15.9. The molecule has 0 aliphatic rings. The van der Waals surface area contributed by atoms with Crippen molar-refractivity contribution in [3.8, 4) is 0 Å². The zero-order valence-electron chi connectivity index (χ0n) is 38.4. The second-order valence-corrected chi connectivity index (χ2v) is 18.1. The molecule has 0 heterocycles. The van der Waals surface area contributed by atoms with Crippen LogP contribution in [0.2, 0.25) is 0 Å². The smallest absolute Gasteiger partial charge is 0.463 e. The van der Waals surface area contributed by atoms with Crippen molar-refractivity contribution < 1.29 is 71.4 Å². The molecule has 0 amide bonds. The standard InChI is InChI=1S/C47H80O15P2/c1-3-5-7-9-11-13-15-17-19-20-22-24-26-28-30-32-34-36-47(52)58-38-44(49)40-60-64(55,56)62-42-45(50)41-61-63(53,54)59-39-43(48)37-57-46(51)35-33-31-29-27-25-23-21-18-16-14-12-10-8-6-4-2/h6,8,10-14,16-19,21,23,25,43-45,48-50H,3-5,7,9,15,20,22,24,26-42H2,1-2H3,(H,53,54)(H,55,56)/b8-6+,12-10+,13-11-,16-14-,19-17-,21-18-,25-23+. The van der Waals surface area contributed by atoms with E-state index in [9.17, 15) is 43.8 Å². The van der Waals surface area contributed by atoms with Gasteiger partial charge in [0.15, 0.2) is 0 Å². The molecule has 0 saturated carbocycles. The quantitative estimate of drug-likeness (QED) is 0.0126. The molecule has 0 saturated heterocycles. The van der Waals surface area contributed by atoms with Gasteiger partial charge in [0.25, 0.3) is 0 Å². The van der Waals surface area contributed by atoms with Gasteiger partial charge in [0.2, 0.25) is 0 Å². The van der Waals surface area contributed by atoms with Crippen molar-refractivity contribution in [3.63, 3.8) is 0 Å². The van der Waals surface area contributed by atoms with Crippen LogP contribution in [0.1, 0.15) is 142 Å². The fourth-order valence-corrected chi connectivity index (χ4v) is 6.97. The summed E-state index contributed by atoms with van der Waals surface area (Å²) in [5.74, 6) is -1.05. The molecule has 0 rings (SSSR count). The number of phosphoric acid groups is 2. The zero-order chi connectivity index (χ0) is 47.4. The highest BCUT2D eigenvalue weighted by Gasteiger charge is 2.28. The molecule has 17 heteroatoms. The van der Waals surface area contributed by atoms with Crippen LogP contribution in [0, 0.1) is 0 Å². The average Bonchev–Trinajstić information content (AvgIpc) is 3.27. The lowest BCUT2D eigenvalue weighted by molar-refractivity contribution is -0.148. The summed E-state index contributed by atoms with van der Waals surface area (Å²) in [6.45, 7) is 0.160. The summed E-state index contributed by atoms with van der Waals surface area (Å²) in [7, 11) is -9.59. The fourth-order valence-electron chi connectivity index (χ4n) is 5.38. The van der Waals surface area contributed by atoms with Gasteiger partial charge in [-0.25, -0.2) is 9.13 Å². The van der Waals surface area contributed by atoms with E-state index in [1.165, 1.54) is 38.5 Å². The summed E-state index contributed by atoms with van der Waals surface area (Å²) in [6, 6.07) is 0. The van der Waals surface area contributed by atoms with Crippen LogP contribution in [-0.4, -0.2) is 95.0 Å². The van der Waals surface area contributed by atoms with E-state index in [-0.39, 0.29) is 12.8 Å². The van der Waals surface area contributed by atoms with Crippen molar-refractivity contribution in [2.75, 3.05) is 39.6 Å². The Hall–Kier alpha value is -2.78. The minimum absolute atomic E-state index is 0.143. The number of esters is 2. The number of phosphoric ester groups is 2. The van der Waals surface area contributed by atoms with Gasteiger partial charge in [-0.2, -0.15) is 0 Å². The van der Waals surface area contributed by atoms with Crippen LogP contribution in [0.5, 0.6) is 0 Å². The van der Waals surface area contributed by atoms with Gasteiger partial charge in [-0.3, -0.25) is 27.7 Å². The van der Waals surface area contributed by atoms with Crippen molar-refractivity contribution in [1.29, 1.82) is 0 Å². The summed E-state index contributed by atoms with van der Waals surface area (Å²) in [4.78, 5) is 43.7. The monoisotopic (exact) mass is 946 g/mol. The summed E-state index contributed by atoms with van der Waals surface area (Å²) in [6.07, 6.45) is 42.9. The molecule has 368 valence electrons. The number of ether oxygens (including phenoxy) is 2. The largest absolute Gasteiger partial charge is 0.472 e. The van der Waals surface area contributed by atoms with Crippen molar-refractivity contribution in [2.45, 2.75) is 161 Å². The summed E-state index contributed by atoms with van der Waals surface area (Å²) < 4.78 is 52.9. The lowest BCUT2D eigenvalue weighted by atomic mass is 10.1. The Labute approximate surface area is 383 Å². The lowest BCUT2D eigenvalue weighted by Gasteiger charge is -2.19. The van der Waals surface area contributed by atoms with Crippen molar-refractivity contribution in [3.05, 3.63) is 85.1 Å².